The monoisotopic (exact) mass is 368 g/mol. The van der Waals surface area contributed by atoms with Crippen LogP contribution in [0.4, 0.5) is 0 Å². The maximum Gasteiger partial charge on any atom is 0.251 e. The first-order valence-electron chi connectivity index (χ1n) is 7.96. The molecule has 2 N–H and O–H groups in total. The topological polar surface area (TPSA) is 75.5 Å². The zero-order valence-electron chi connectivity index (χ0n) is 14.1. The van der Waals surface area contributed by atoms with E-state index in [1.807, 2.05) is 16.7 Å². The molecule has 0 radical (unpaired) electrons. The highest BCUT2D eigenvalue weighted by Gasteiger charge is 2.04. The Morgan fingerprint density at radius 3 is 2.65 bits per heavy atom. The Hall–Kier alpha value is -3.12. The van der Waals surface area contributed by atoms with Crippen LogP contribution in [-0.4, -0.2) is 28.2 Å². The van der Waals surface area contributed by atoms with Gasteiger partial charge in [-0.05, 0) is 35.9 Å². The van der Waals surface area contributed by atoms with Crippen molar-refractivity contribution in [2.24, 2.45) is 0 Å². The van der Waals surface area contributed by atoms with E-state index in [9.17, 15) is 9.59 Å². The number of benzene rings is 1. The molecular weight excluding hydrogens is 352 g/mol. The van der Waals surface area contributed by atoms with Crippen molar-refractivity contribution in [3.63, 3.8) is 0 Å². The zero-order chi connectivity index (χ0) is 18.5. The molecule has 3 rings (SSSR count). The SMILES string of the molecule is CNC(=O)c1ccc(/C=C/C(=O)NCc2cn3cc(Cl)ccc3n2)cc1. The number of nitrogens with zero attached hydrogens (tertiary/aromatic N) is 2. The van der Waals surface area contributed by atoms with Crippen LogP contribution in [-0.2, 0) is 11.3 Å². The van der Waals surface area contributed by atoms with Crippen molar-refractivity contribution < 1.29 is 9.59 Å². The highest BCUT2D eigenvalue weighted by Crippen LogP contribution is 2.11. The summed E-state index contributed by atoms with van der Waals surface area (Å²) < 4.78 is 1.81. The van der Waals surface area contributed by atoms with Crippen LogP contribution in [0.5, 0.6) is 0 Å². The van der Waals surface area contributed by atoms with Crippen LogP contribution in [0.3, 0.4) is 0 Å². The number of hydrogen-bond acceptors (Lipinski definition) is 3. The summed E-state index contributed by atoms with van der Waals surface area (Å²) >= 11 is 5.94. The first-order chi connectivity index (χ1) is 12.5. The Labute approximate surface area is 155 Å². The highest BCUT2D eigenvalue weighted by molar-refractivity contribution is 6.30. The van der Waals surface area contributed by atoms with E-state index >= 15 is 0 Å². The number of hydrogen-bond donors (Lipinski definition) is 2. The summed E-state index contributed by atoms with van der Waals surface area (Å²) in [6.07, 6.45) is 6.72. The standard InChI is InChI=1S/C19H17ClN4O2/c1-21-19(26)14-5-2-13(3-6-14)4-9-18(25)22-10-16-12-24-11-15(20)7-8-17(24)23-16/h2-9,11-12H,10H2,1H3,(H,21,26)(H,22,25)/b9-4+. The summed E-state index contributed by atoms with van der Waals surface area (Å²) in [7, 11) is 1.58. The van der Waals surface area contributed by atoms with Gasteiger partial charge in [0.05, 0.1) is 17.3 Å². The average molecular weight is 369 g/mol. The molecule has 0 aliphatic rings. The number of pyridine rings is 1. The van der Waals surface area contributed by atoms with E-state index < -0.39 is 0 Å². The second-order valence-corrected chi connectivity index (χ2v) is 6.03. The predicted octanol–water partition coefficient (Wildman–Crippen LogP) is 2.68. The van der Waals surface area contributed by atoms with Gasteiger partial charge in [-0.25, -0.2) is 4.98 Å². The summed E-state index contributed by atoms with van der Waals surface area (Å²) in [6, 6.07) is 10.6. The van der Waals surface area contributed by atoms with Crippen molar-refractivity contribution in [3.05, 3.63) is 76.7 Å². The lowest BCUT2D eigenvalue weighted by Gasteiger charge is -2.00. The second-order valence-electron chi connectivity index (χ2n) is 5.60. The number of amides is 2. The van der Waals surface area contributed by atoms with Crippen LogP contribution < -0.4 is 10.6 Å². The molecule has 3 aromatic rings. The first-order valence-corrected chi connectivity index (χ1v) is 8.34. The molecule has 2 heterocycles. The number of carbonyl (C=O) groups excluding carboxylic acids is 2. The van der Waals surface area contributed by atoms with E-state index in [1.54, 1.807) is 49.7 Å². The molecule has 0 atom stereocenters. The van der Waals surface area contributed by atoms with Crippen molar-refractivity contribution in [3.8, 4) is 0 Å². The van der Waals surface area contributed by atoms with Gasteiger partial charge in [-0.15, -0.1) is 0 Å². The van der Waals surface area contributed by atoms with Crippen LogP contribution in [0, 0.1) is 0 Å². The molecule has 0 fully saturated rings. The summed E-state index contributed by atoms with van der Waals surface area (Å²) in [4.78, 5) is 27.9. The molecule has 26 heavy (non-hydrogen) atoms. The normalized spacial score (nSPS) is 11.0. The van der Waals surface area contributed by atoms with Crippen LogP contribution in [0.2, 0.25) is 5.02 Å². The Bertz CT molecular complexity index is 977. The van der Waals surface area contributed by atoms with Crippen molar-refractivity contribution >= 4 is 35.1 Å². The van der Waals surface area contributed by atoms with Gasteiger partial charge in [-0.2, -0.15) is 0 Å². The third kappa shape index (κ3) is 4.29. The van der Waals surface area contributed by atoms with Gasteiger partial charge in [0.1, 0.15) is 5.65 Å². The highest BCUT2D eigenvalue weighted by atomic mass is 35.5. The van der Waals surface area contributed by atoms with E-state index in [2.05, 4.69) is 15.6 Å². The van der Waals surface area contributed by atoms with Crippen LogP contribution >= 0.6 is 11.6 Å². The van der Waals surface area contributed by atoms with Crippen LogP contribution in [0.25, 0.3) is 11.7 Å². The molecule has 2 aromatic heterocycles. The predicted molar refractivity (Wildman–Crippen MR) is 101 cm³/mol. The Morgan fingerprint density at radius 1 is 1.15 bits per heavy atom. The van der Waals surface area contributed by atoms with Crippen molar-refractivity contribution in [1.82, 2.24) is 20.0 Å². The number of halogens is 1. The number of aromatic nitrogens is 2. The maximum absolute atomic E-state index is 12.0. The van der Waals surface area contributed by atoms with Crippen LogP contribution in [0.1, 0.15) is 21.6 Å². The summed E-state index contributed by atoms with van der Waals surface area (Å²) in [5.41, 5.74) is 2.91. The largest absolute Gasteiger partial charge is 0.355 e. The smallest absolute Gasteiger partial charge is 0.251 e. The van der Waals surface area contributed by atoms with Gasteiger partial charge in [0.15, 0.2) is 0 Å². The van der Waals surface area contributed by atoms with Crippen LogP contribution in [0.15, 0.2) is 54.9 Å². The lowest BCUT2D eigenvalue weighted by Crippen LogP contribution is -2.20. The molecule has 0 saturated carbocycles. The van der Waals surface area contributed by atoms with Crippen molar-refractivity contribution in [2.75, 3.05) is 7.05 Å². The lowest BCUT2D eigenvalue weighted by molar-refractivity contribution is -0.116. The molecule has 2 amide bonds. The molecule has 0 bridgehead atoms. The number of carbonyl (C=O) groups is 2. The van der Waals surface area contributed by atoms with Gasteiger partial charge < -0.3 is 15.0 Å². The minimum atomic E-state index is -0.226. The van der Waals surface area contributed by atoms with E-state index in [-0.39, 0.29) is 11.8 Å². The average Bonchev–Trinajstić information content (AvgIpc) is 3.06. The van der Waals surface area contributed by atoms with Crippen molar-refractivity contribution in [1.29, 1.82) is 0 Å². The second kappa shape index (κ2) is 7.84. The Morgan fingerprint density at radius 2 is 1.92 bits per heavy atom. The minimum Gasteiger partial charge on any atom is -0.355 e. The molecule has 0 saturated heterocycles. The van der Waals surface area contributed by atoms with Gasteiger partial charge in [-0.3, -0.25) is 9.59 Å². The minimum absolute atomic E-state index is 0.146. The molecule has 6 nitrogen and oxygen atoms in total. The molecule has 1 aromatic carbocycles. The van der Waals surface area contributed by atoms with E-state index in [1.165, 1.54) is 6.08 Å². The summed E-state index contributed by atoms with van der Waals surface area (Å²) in [5, 5.41) is 5.97. The van der Waals surface area contributed by atoms with Gasteiger partial charge in [0.25, 0.3) is 5.91 Å². The fraction of sp³-hybridized carbons (Fsp3) is 0.105. The number of rotatable bonds is 5. The van der Waals surface area contributed by atoms with E-state index in [0.29, 0.717) is 17.1 Å². The third-order valence-corrected chi connectivity index (χ3v) is 3.96. The molecule has 132 valence electrons. The van der Waals surface area contributed by atoms with E-state index in [4.69, 9.17) is 11.6 Å². The molecular formula is C19H17ClN4O2. The van der Waals surface area contributed by atoms with Gasteiger partial charge in [0.2, 0.25) is 5.91 Å². The van der Waals surface area contributed by atoms with Crippen molar-refractivity contribution in [2.45, 2.75) is 6.54 Å². The third-order valence-electron chi connectivity index (χ3n) is 3.74. The fourth-order valence-electron chi connectivity index (χ4n) is 2.40. The maximum atomic E-state index is 12.0. The number of nitrogens with one attached hydrogen (secondary N) is 2. The summed E-state index contributed by atoms with van der Waals surface area (Å²) in [6.45, 7) is 0.318. The molecule has 0 unspecified atom stereocenters. The fourth-order valence-corrected chi connectivity index (χ4v) is 2.57. The zero-order valence-corrected chi connectivity index (χ0v) is 14.8. The van der Waals surface area contributed by atoms with Gasteiger partial charge in [0, 0.05) is 31.1 Å². The molecule has 0 aliphatic heterocycles. The molecule has 0 aliphatic carbocycles. The number of fused-ring (bicyclic) bond motifs is 1. The van der Waals surface area contributed by atoms with Gasteiger partial charge >= 0.3 is 0 Å². The number of imidazole rings is 1. The van der Waals surface area contributed by atoms with Gasteiger partial charge in [-0.1, -0.05) is 23.7 Å². The molecule has 0 spiro atoms. The summed E-state index contributed by atoms with van der Waals surface area (Å²) in [5.74, 6) is -0.373. The van der Waals surface area contributed by atoms with E-state index in [0.717, 1.165) is 16.9 Å². The first kappa shape index (κ1) is 17.7. The quantitative estimate of drug-likeness (QED) is 0.680. The molecule has 7 heteroatoms. The Kier molecular flexibility index (Phi) is 5.34. The lowest BCUT2D eigenvalue weighted by atomic mass is 10.1. The Balaban J connectivity index is 1.57.